The van der Waals surface area contributed by atoms with E-state index >= 15 is 0 Å². The molecule has 0 saturated carbocycles. The Labute approximate surface area is 137 Å². The maximum absolute atomic E-state index is 13.1. The Bertz CT molecular complexity index is 752. The van der Waals surface area contributed by atoms with Gasteiger partial charge in [0.2, 0.25) is 0 Å². The van der Waals surface area contributed by atoms with E-state index in [9.17, 15) is 19.3 Å². The highest BCUT2D eigenvalue weighted by Crippen LogP contribution is 2.26. The van der Waals surface area contributed by atoms with Gasteiger partial charge in [-0.3, -0.25) is 14.9 Å². The number of hydrogen-bond donors (Lipinski definition) is 2. The summed E-state index contributed by atoms with van der Waals surface area (Å²) in [6.07, 6.45) is 0. The van der Waals surface area contributed by atoms with E-state index in [-0.39, 0.29) is 16.9 Å². The lowest BCUT2D eigenvalue weighted by atomic mass is 10.1. The highest BCUT2D eigenvalue weighted by molar-refractivity contribution is 6.05. The maximum Gasteiger partial charge on any atom is 0.293 e. The van der Waals surface area contributed by atoms with Gasteiger partial charge in [-0.25, -0.2) is 4.39 Å². The van der Waals surface area contributed by atoms with Crippen molar-refractivity contribution >= 4 is 23.0 Å². The number of benzene rings is 2. The molecule has 0 aliphatic heterocycles. The Kier molecular flexibility index (Phi) is 5.80. The van der Waals surface area contributed by atoms with Crippen molar-refractivity contribution in [3.05, 3.63) is 64.0 Å². The summed E-state index contributed by atoms with van der Waals surface area (Å²) in [5.41, 5.74) is 0.436. The summed E-state index contributed by atoms with van der Waals surface area (Å²) in [6.45, 7) is 0.783. The summed E-state index contributed by atoms with van der Waals surface area (Å²) in [6, 6.07) is 9.47. The number of rotatable bonds is 7. The lowest BCUT2D eigenvalue weighted by Crippen LogP contribution is -2.13. The van der Waals surface area contributed by atoms with Crippen LogP contribution >= 0.6 is 0 Å². The first kappa shape index (κ1) is 17.4. The van der Waals surface area contributed by atoms with Gasteiger partial charge in [-0.2, -0.15) is 0 Å². The van der Waals surface area contributed by atoms with Gasteiger partial charge >= 0.3 is 0 Å². The number of amides is 1. The predicted octanol–water partition coefficient (Wildman–Crippen LogP) is 3.04. The van der Waals surface area contributed by atoms with E-state index in [1.165, 1.54) is 43.5 Å². The molecule has 0 saturated heterocycles. The SMILES string of the molecule is COCCNc1ccc(C(=O)Nc2cccc(F)c2)cc1[N+](=O)[O-]. The third-order valence-corrected chi connectivity index (χ3v) is 3.16. The summed E-state index contributed by atoms with van der Waals surface area (Å²) < 4.78 is 18.0. The third-order valence-electron chi connectivity index (χ3n) is 3.16. The lowest BCUT2D eigenvalue weighted by Gasteiger charge is -2.09. The molecule has 0 fully saturated rings. The van der Waals surface area contributed by atoms with E-state index < -0.39 is 16.6 Å². The fourth-order valence-electron chi connectivity index (χ4n) is 2.03. The molecule has 0 bridgehead atoms. The predicted molar refractivity (Wildman–Crippen MR) is 87.8 cm³/mol. The van der Waals surface area contributed by atoms with Crippen LogP contribution in [0.15, 0.2) is 42.5 Å². The van der Waals surface area contributed by atoms with Crippen LogP contribution in [-0.4, -0.2) is 31.1 Å². The molecule has 2 aromatic carbocycles. The van der Waals surface area contributed by atoms with Crippen molar-refractivity contribution in [3.8, 4) is 0 Å². The Morgan fingerprint density at radius 1 is 1.29 bits per heavy atom. The van der Waals surface area contributed by atoms with E-state index in [4.69, 9.17) is 4.74 Å². The number of carbonyl (C=O) groups is 1. The van der Waals surface area contributed by atoms with Crippen LogP contribution in [0.5, 0.6) is 0 Å². The molecule has 2 N–H and O–H groups in total. The smallest absolute Gasteiger partial charge is 0.293 e. The van der Waals surface area contributed by atoms with Crippen molar-refractivity contribution in [3.63, 3.8) is 0 Å². The third kappa shape index (κ3) is 4.50. The number of anilines is 2. The molecule has 0 atom stereocenters. The monoisotopic (exact) mass is 333 g/mol. The number of hydrogen-bond acceptors (Lipinski definition) is 5. The van der Waals surface area contributed by atoms with Gasteiger partial charge in [0.1, 0.15) is 11.5 Å². The van der Waals surface area contributed by atoms with Gasteiger partial charge in [-0.1, -0.05) is 6.07 Å². The summed E-state index contributed by atoms with van der Waals surface area (Å²) in [5, 5.41) is 16.6. The highest BCUT2D eigenvalue weighted by Gasteiger charge is 2.17. The van der Waals surface area contributed by atoms with Crippen molar-refractivity contribution in [1.82, 2.24) is 0 Å². The Morgan fingerprint density at radius 3 is 2.75 bits per heavy atom. The average Bonchev–Trinajstić information content (AvgIpc) is 2.55. The molecule has 24 heavy (non-hydrogen) atoms. The summed E-state index contributed by atoms with van der Waals surface area (Å²) in [7, 11) is 1.52. The molecule has 0 aliphatic rings. The number of nitrogens with one attached hydrogen (secondary N) is 2. The number of halogens is 1. The molecule has 8 heteroatoms. The molecule has 0 aromatic heterocycles. The van der Waals surface area contributed by atoms with E-state index in [0.29, 0.717) is 18.8 Å². The van der Waals surface area contributed by atoms with Gasteiger partial charge in [-0.05, 0) is 30.3 Å². The van der Waals surface area contributed by atoms with E-state index in [2.05, 4.69) is 10.6 Å². The molecule has 2 aromatic rings. The topological polar surface area (TPSA) is 93.5 Å². The second-order valence-electron chi connectivity index (χ2n) is 4.87. The Hall–Kier alpha value is -3.00. The molecule has 0 spiro atoms. The van der Waals surface area contributed by atoms with Crippen LogP contribution < -0.4 is 10.6 Å². The van der Waals surface area contributed by atoms with Gasteiger partial charge in [0.25, 0.3) is 11.6 Å². The number of carbonyl (C=O) groups excluding carboxylic acids is 1. The summed E-state index contributed by atoms with van der Waals surface area (Å²) >= 11 is 0. The quantitative estimate of drug-likeness (QED) is 0.461. The fraction of sp³-hybridized carbons (Fsp3) is 0.188. The van der Waals surface area contributed by atoms with Crippen LogP contribution in [0.4, 0.5) is 21.5 Å². The Balaban J connectivity index is 2.19. The minimum absolute atomic E-state index is 0.100. The van der Waals surface area contributed by atoms with Crippen LogP contribution in [0.3, 0.4) is 0 Å². The van der Waals surface area contributed by atoms with E-state index in [0.717, 1.165) is 6.07 Å². The molecule has 1 amide bonds. The van der Waals surface area contributed by atoms with Crippen molar-refractivity contribution < 1.29 is 18.8 Å². The highest BCUT2D eigenvalue weighted by atomic mass is 19.1. The van der Waals surface area contributed by atoms with Crippen LogP contribution in [-0.2, 0) is 4.74 Å². The molecule has 0 unspecified atom stereocenters. The second-order valence-corrected chi connectivity index (χ2v) is 4.87. The maximum atomic E-state index is 13.1. The first-order chi connectivity index (χ1) is 11.5. The van der Waals surface area contributed by atoms with Crippen molar-refractivity contribution in [2.45, 2.75) is 0 Å². The number of ether oxygens (including phenoxy) is 1. The molecule has 0 aliphatic carbocycles. The van der Waals surface area contributed by atoms with Crippen LogP contribution in [0.2, 0.25) is 0 Å². The number of methoxy groups -OCH3 is 1. The fourth-order valence-corrected chi connectivity index (χ4v) is 2.03. The van der Waals surface area contributed by atoms with Crippen LogP contribution in [0, 0.1) is 15.9 Å². The van der Waals surface area contributed by atoms with Gasteiger partial charge in [-0.15, -0.1) is 0 Å². The van der Waals surface area contributed by atoms with Crippen molar-refractivity contribution in [1.29, 1.82) is 0 Å². The first-order valence-corrected chi connectivity index (χ1v) is 7.09. The van der Waals surface area contributed by atoms with Crippen molar-refractivity contribution in [2.24, 2.45) is 0 Å². The second kappa shape index (κ2) is 8.02. The lowest BCUT2D eigenvalue weighted by molar-refractivity contribution is -0.384. The number of nitrogens with zero attached hydrogens (tertiary/aromatic N) is 1. The average molecular weight is 333 g/mol. The van der Waals surface area contributed by atoms with Gasteiger partial charge in [0, 0.05) is 31.0 Å². The zero-order chi connectivity index (χ0) is 17.5. The van der Waals surface area contributed by atoms with Crippen LogP contribution in [0.1, 0.15) is 10.4 Å². The molecular formula is C16H16FN3O4. The number of nitro groups is 1. The van der Waals surface area contributed by atoms with E-state index in [1.54, 1.807) is 0 Å². The van der Waals surface area contributed by atoms with Gasteiger partial charge in [0.15, 0.2) is 0 Å². The normalized spacial score (nSPS) is 10.2. The van der Waals surface area contributed by atoms with Gasteiger partial charge in [0.05, 0.1) is 11.5 Å². The zero-order valence-electron chi connectivity index (χ0n) is 12.9. The first-order valence-electron chi connectivity index (χ1n) is 7.09. The van der Waals surface area contributed by atoms with Crippen LogP contribution in [0.25, 0.3) is 0 Å². The molecule has 2 rings (SSSR count). The largest absolute Gasteiger partial charge is 0.383 e. The summed E-state index contributed by atoms with van der Waals surface area (Å²) in [5.74, 6) is -1.05. The minimum Gasteiger partial charge on any atom is -0.383 e. The zero-order valence-corrected chi connectivity index (χ0v) is 12.9. The molecule has 0 radical (unpaired) electrons. The van der Waals surface area contributed by atoms with E-state index in [1.807, 2.05) is 0 Å². The minimum atomic E-state index is -0.575. The molecule has 0 heterocycles. The van der Waals surface area contributed by atoms with Crippen molar-refractivity contribution in [2.75, 3.05) is 30.9 Å². The Morgan fingerprint density at radius 2 is 2.08 bits per heavy atom. The molecule has 126 valence electrons. The number of nitro benzene ring substituents is 1. The summed E-state index contributed by atoms with van der Waals surface area (Å²) in [4.78, 5) is 22.8. The molecule has 7 nitrogen and oxygen atoms in total. The van der Waals surface area contributed by atoms with Gasteiger partial charge < -0.3 is 15.4 Å². The standard InChI is InChI=1S/C16H16FN3O4/c1-24-8-7-18-14-6-5-11(9-15(14)20(22)23)16(21)19-13-4-2-3-12(17)10-13/h2-6,9-10,18H,7-8H2,1H3,(H,19,21). The molecular weight excluding hydrogens is 317 g/mol.